The number of phenolic OH excluding ortho intramolecular Hbond substituents is 1. The van der Waals surface area contributed by atoms with Crippen LogP contribution in [0.15, 0.2) is 18.2 Å². The van der Waals surface area contributed by atoms with Crippen LogP contribution in [0.3, 0.4) is 0 Å². The highest BCUT2D eigenvalue weighted by molar-refractivity contribution is 5.65. The Morgan fingerprint density at radius 1 is 0.903 bits per heavy atom. The van der Waals surface area contributed by atoms with E-state index in [-0.39, 0.29) is 11.4 Å². The summed E-state index contributed by atoms with van der Waals surface area (Å²) in [6, 6.07) is 6.00. The molecule has 0 spiro atoms. The molecule has 0 unspecified atom stereocenters. The van der Waals surface area contributed by atoms with E-state index >= 15 is 0 Å². The number of hydrogen-bond acceptors (Lipinski definition) is 4. The van der Waals surface area contributed by atoms with Crippen LogP contribution in [0.25, 0.3) is 0 Å². The minimum Gasteiger partial charge on any atom is -0.508 e. The molecule has 4 heteroatoms. The summed E-state index contributed by atoms with van der Waals surface area (Å²) in [7, 11) is 0. The SMILES string of the molecule is CCC(C)(C)c1cccc(O)c1CCCCCCCCCCCCO.CCOC(C)=O. The van der Waals surface area contributed by atoms with E-state index in [1.807, 2.05) is 12.1 Å². The molecule has 0 heterocycles. The molecule has 0 aliphatic heterocycles. The molecule has 0 fully saturated rings. The number of hydrogen-bond donors (Lipinski definition) is 2. The topological polar surface area (TPSA) is 66.8 Å². The van der Waals surface area contributed by atoms with Crippen LogP contribution >= 0.6 is 0 Å². The van der Waals surface area contributed by atoms with Gasteiger partial charge < -0.3 is 14.9 Å². The van der Waals surface area contributed by atoms with Gasteiger partial charge in [-0.2, -0.15) is 0 Å². The summed E-state index contributed by atoms with van der Waals surface area (Å²) in [5.74, 6) is 0.263. The molecule has 0 bridgehead atoms. The van der Waals surface area contributed by atoms with Crippen LogP contribution in [0.4, 0.5) is 0 Å². The van der Waals surface area contributed by atoms with E-state index in [4.69, 9.17) is 5.11 Å². The number of carbonyl (C=O) groups is 1. The van der Waals surface area contributed by atoms with E-state index in [1.165, 1.54) is 75.8 Å². The lowest BCUT2D eigenvalue weighted by molar-refractivity contribution is -0.140. The van der Waals surface area contributed by atoms with Gasteiger partial charge in [0.15, 0.2) is 0 Å². The smallest absolute Gasteiger partial charge is 0.302 e. The maximum atomic E-state index is 10.3. The van der Waals surface area contributed by atoms with Crippen molar-refractivity contribution >= 4 is 5.97 Å². The molecule has 4 nitrogen and oxygen atoms in total. The van der Waals surface area contributed by atoms with Crippen molar-refractivity contribution in [3.8, 4) is 5.75 Å². The predicted octanol–water partition coefficient (Wildman–Crippen LogP) is 7.09. The van der Waals surface area contributed by atoms with Crippen LogP contribution < -0.4 is 0 Å². The van der Waals surface area contributed by atoms with Crippen LogP contribution in [0, 0.1) is 0 Å². The van der Waals surface area contributed by atoms with Crippen molar-refractivity contribution in [2.75, 3.05) is 13.2 Å². The minimum absolute atomic E-state index is 0.129. The molecule has 31 heavy (non-hydrogen) atoms. The first-order chi connectivity index (χ1) is 14.8. The molecule has 0 aliphatic carbocycles. The van der Waals surface area contributed by atoms with E-state index < -0.39 is 0 Å². The molecular formula is C27H48O4. The Labute approximate surface area is 191 Å². The molecule has 0 amide bonds. The second kappa shape index (κ2) is 18.1. The number of aliphatic hydroxyl groups excluding tert-OH is 1. The Bertz CT molecular complexity index is 581. The third-order valence-electron chi connectivity index (χ3n) is 5.95. The van der Waals surface area contributed by atoms with Crippen LogP contribution in [-0.4, -0.2) is 29.4 Å². The Morgan fingerprint density at radius 3 is 1.84 bits per heavy atom. The predicted molar refractivity (Wildman–Crippen MR) is 131 cm³/mol. The standard InChI is InChI=1S/C23H40O2.C4H8O2/c1-4-23(2,3)21-17-15-18-22(25)20(21)16-13-11-9-7-5-6-8-10-12-14-19-24;1-3-6-4(2)5/h15,17-18,24-25H,4-14,16,19H2,1-3H3;3H2,1-2H3. The van der Waals surface area contributed by atoms with Gasteiger partial charge in [-0.15, -0.1) is 0 Å². The van der Waals surface area contributed by atoms with Crippen molar-refractivity contribution in [3.63, 3.8) is 0 Å². The first-order valence-electron chi connectivity index (χ1n) is 12.4. The van der Waals surface area contributed by atoms with E-state index in [0.29, 0.717) is 19.0 Å². The third-order valence-corrected chi connectivity index (χ3v) is 5.95. The van der Waals surface area contributed by atoms with Gasteiger partial charge in [0.25, 0.3) is 0 Å². The Balaban J connectivity index is 0.00000131. The normalized spacial score (nSPS) is 11.0. The average molecular weight is 437 g/mol. The first-order valence-corrected chi connectivity index (χ1v) is 12.4. The van der Waals surface area contributed by atoms with Crippen molar-refractivity contribution in [1.82, 2.24) is 0 Å². The summed E-state index contributed by atoms with van der Waals surface area (Å²) < 4.78 is 4.40. The van der Waals surface area contributed by atoms with Crippen molar-refractivity contribution in [3.05, 3.63) is 29.3 Å². The number of aliphatic hydroxyl groups is 1. The second-order valence-corrected chi connectivity index (χ2v) is 8.97. The van der Waals surface area contributed by atoms with Gasteiger partial charge in [0.05, 0.1) is 6.61 Å². The fourth-order valence-electron chi connectivity index (χ4n) is 3.69. The summed E-state index contributed by atoms with van der Waals surface area (Å²) in [4.78, 5) is 9.82. The van der Waals surface area contributed by atoms with Crippen LogP contribution in [0.5, 0.6) is 5.75 Å². The molecule has 2 N–H and O–H groups in total. The van der Waals surface area contributed by atoms with Crippen molar-refractivity contribution in [2.45, 2.75) is 117 Å². The average Bonchev–Trinajstić information content (AvgIpc) is 2.73. The number of phenols is 1. The van der Waals surface area contributed by atoms with E-state index in [9.17, 15) is 9.90 Å². The monoisotopic (exact) mass is 436 g/mol. The van der Waals surface area contributed by atoms with Gasteiger partial charge >= 0.3 is 5.97 Å². The molecule has 0 atom stereocenters. The van der Waals surface area contributed by atoms with Crippen molar-refractivity contribution in [2.24, 2.45) is 0 Å². The summed E-state index contributed by atoms with van der Waals surface area (Å²) in [6.07, 6.45) is 14.5. The number of benzene rings is 1. The van der Waals surface area contributed by atoms with Gasteiger partial charge in [-0.1, -0.05) is 84.3 Å². The third kappa shape index (κ3) is 14.2. The number of carbonyl (C=O) groups excluding carboxylic acids is 1. The quantitative estimate of drug-likeness (QED) is 0.228. The molecule has 180 valence electrons. The lowest BCUT2D eigenvalue weighted by Gasteiger charge is -2.27. The fraction of sp³-hybridized carbons (Fsp3) is 0.741. The maximum absolute atomic E-state index is 10.3. The number of aromatic hydroxyl groups is 1. The Morgan fingerprint density at radius 2 is 1.42 bits per heavy atom. The van der Waals surface area contributed by atoms with Gasteiger partial charge in [0, 0.05) is 13.5 Å². The van der Waals surface area contributed by atoms with Crippen LogP contribution in [0.2, 0.25) is 0 Å². The lowest BCUT2D eigenvalue weighted by Crippen LogP contribution is -2.18. The molecule has 0 radical (unpaired) electrons. The van der Waals surface area contributed by atoms with Crippen LogP contribution in [-0.2, 0) is 21.4 Å². The number of rotatable bonds is 15. The van der Waals surface area contributed by atoms with Crippen molar-refractivity contribution < 1.29 is 19.7 Å². The first kappa shape index (κ1) is 29.5. The number of ether oxygens (including phenoxy) is 1. The zero-order valence-electron chi connectivity index (χ0n) is 20.8. The van der Waals surface area contributed by atoms with E-state index in [1.54, 1.807) is 6.92 Å². The van der Waals surface area contributed by atoms with Gasteiger partial charge in [-0.25, -0.2) is 0 Å². The lowest BCUT2D eigenvalue weighted by atomic mass is 9.78. The highest BCUT2D eigenvalue weighted by atomic mass is 16.5. The van der Waals surface area contributed by atoms with Crippen molar-refractivity contribution in [1.29, 1.82) is 0 Å². The summed E-state index contributed by atoms with van der Waals surface area (Å²) in [5, 5.41) is 19.0. The Hall–Kier alpha value is -1.55. The van der Waals surface area contributed by atoms with Gasteiger partial charge in [-0.3, -0.25) is 4.79 Å². The van der Waals surface area contributed by atoms with Crippen LogP contribution in [0.1, 0.15) is 116 Å². The van der Waals surface area contributed by atoms with E-state index in [2.05, 4.69) is 31.6 Å². The molecule has 1 rings (SSSR count). The summed E-state index contributed by atoms with van der Waals surface area (Å²) >= 11 is 0. The number of unbranched alkanes of at least 4 members (excludes halogenated alkanes) is 9. The number of esters is 1. The molecule has 0 aliphatic rings. The van der Waals surface area contributed by atoms with E-state index in [0.717, 1.165) is 19.3 Å². The maximum Gasteiger partial charge on any atom is 0.302 e. The molecular weight excluding hydrogens is 388 g/mol. The molecule has 0 saturated heterocycles. The molecule has 1 aromatic rings. The summed E-state index contributed by atoms with van der Waals surface area (Å²) in [6.45, 7) is 10.8. The molecule has 0 aromatic heterocycles. The fourth-order valence-corrected chi connectivity index (χ4v) is 3.69. The molecule has 1 aromatic carbocycles. The zero-order valence-corrected chi connectivity index (χ0v) is 20.8. The van der Waals surface area contributed by atoms with Gasteiger partial charge in [0.2, 0.25) is 0 Å². The highest BCUT2D eigenvalue weighted by Gasteiger charge is 2.22. The van der Waals surface area contributed by atoms with Gasteiger partial charge in [0.1, 0.15) is 5.75 Å². The van der Waals surface area contributed by atoms with Gasteiger partial charge in [-0.05, 0) is 55.2 Å². The second-order valence-electron chi connectivity index (χ2n) is 8.97. The summed E-state index contributed by atoms with van der Waals surface area (Å²) in [5.41, 5.74) is 2.61. The Kier molecular flexibility index (Phi) is 17.2. The molecule has 0 saturated carbocycles. The largest absolute Gasteiger partial charge is 0.508 e. The minimum atomic E-state index is -0.211. The zero-order chi connectivity index (χ0) is 23.5. The highest BCUT2D eigenvalue weighted by Crippen LogP contribution is 2.34.